The number of esters is 3. The number of ether oxygens (including phenoxy) is 5. The zero-order valence-electron chi connectivity index (χ0n) is 18.8. The first-order valence-electron chi connectivity index (χ1n) is 10.4. The Morgan fingerprint density at radius 3 is 2.12 bits per heavy atom. The molecule has 0 aliphatic carbocycles. The second kappa shape index (κ2) is 11.3. The van der Waals surface area contributed by atoms with Crippen LogP contribution in [0.15, 0.2) is 53.1 Å². The fourth-order valence-corrected chi connectivity index (χ4v) is 3.49. The van der Waals surface area contributed by atoms with E-state index in [1.165, 1.54) is 6.26 Å². The standard InChI is InChI=1S/C23H25NO10/c1-13(25)31-20-19(34-22(33-15(3)27)21(20)32-14(2)26)18(17-10-7-11-29-17)24-23(28)30-12-16-8-5-4-6-9-16/h4-11,18-22H,12H2,1-3H3,(H,24,28)/t18-,19-,20-,21-,22-/m1/s1. The molecule has 3 rings (SSSR count). The molecule has 1 fully saturated rings. The third-order valence-corrected chi connectivity index (χ3v) is 4.76. The van der Waals surface area contributed by atoms with E-state index in [0.29, 0.717) is 0 Å². The largest absolute Gasteiger partial charge is 0.467 e. The first-order chi connectivity index (χ1) is 16.2. The maximum atomic E-state index is 12.6. The normalized spacial score (nSPS) is 22.3. The summed E-state index contributed by atoms with van der Waals surface area (Å²) in [4.78, 5) is 47.8. The number of rotatable bonds is 8. The lowest BCUT2D eigenvalue weighted by Crippen LogP contribution is -2.46. The van der Waals surface area contributed by atoms with Crippen LogP contribution in [0.25, 0.3) is 0 Å². The number of hydrogen-bond acceptors (Lipinski definition) is 10. The highest BCUT2D eigenvalue weighted by Gasteiger charge is 2.55. The maximum absolute atomic E-state index is 12.6. The van der Waals surface area contributed by atoms with Crippen LogP contribution < -0.4 is 5.32 Å². The summed E-state index contributed by atoms with van der Waals surface area (Å²) in [6.07, 6.45) is -4.51. The van der Waals surface area contributed by atoms with Crippen LogP contribution in [-0.2, 0) is 44.7 Å². The van der Waals surface area contributed by atoms with Gasteiger partial charge >= 0.3 is 24.0 Å². The molecule has 5 atom stereocenters. The van der Waals surface area contributed by atoms with Crippen molar-refractivity contribution in [1.82, 2.24) is 5.32 Å². The molecule has 11 nitrogen and oxygen atoms in total. The van der Waals surface area contributed by atoms with Gasteiger partial charge in [0.05, 0.1) is 6.26 Å². The third kappa shape index (κ3) is 6.58. The minimum Gasteiger partial charge on any atom is -0.467 e. The van der Waals surface area contributed by atoms with Gasteiger partial charge in [-0.15, -0.1) is 0 Å². The van der Waals surface area contributed by atoms with Gasteiger partial charge in [0.1, 0.15) is 24.5 Å². The van der Waals surface area contributed by atoms with Gasteiger partial charge in [0.15, 0.2) is 6.10 Å². The predicted octanol–water partition coefficient (Wildman–Crippen LogP) is 2.40. The van der Waals surface area contributed by atoms with E-state index in [1.54, 1.807) is 24.3 Å². The molecule has 1 aliphatic heterocycles. The average Bonchev–Trinajstić information content (AvgIpc) is 3.40. The van der Waals surface area contributed by atoms with Crippen LogP contribution in [0.4, 0.5) is 4.79 Å². The van der Waals surface area contributed by atoms with Crippen molar-refractivity contribution < 1.29 is 47.3 Å². The van der Waals surface area contributed by atoms with Crippen molar-refractivity contribution in [3.05, 3.63) is 60.1 Å². The molecular weight excluding hydrogens is 450 g/mol. The van der Waals surface area contributed by atoms with Gasteiger partial charge in [-0.05, 0) is 17.7 Å². The molecule has 0 bridgehead atoms. The summed E-state index contributed by atoms with van der Waals surface area (Å²) in [5.74, 6) is -1.89. The SMILES string of the molecule is CC(=O)O[C@@H]1O[C@H]([C@H](NC(=O)OCc2ccccc2)c2ccco2)[C@@H](OC(C)=O)[C@H]1OC(C)=O. The topological polar surface area (TPSA) is 140 Å². The maximum Gasteiger partial charge on any atom is 0.408 e. The van der Waals surface area contributed by atoms with Crippen LogP contribution in [0.5, 0.6) is 0 Å². The summed E-state index contributed by atoms with van der Waals surface area (Å²) in [5, 5.41) is 2.63. The molecular formula is C23H25NO10. The quantitative estimate of drug-likeness (QED) is 0.447. The van der Waals surface area contributed by atoms with E-state index in [2.05, 4.69) is 5.32 Å². The predicted molar refractivity (Wildman–Crippen MR) is 113 cm³/mol. The van der Waals surface area contributed by atoms with Gasteiger partial charge in [0.2, 0.25) is 12.4 Å². The Bertz CT molecular complexity index is 990. The number of carbonyl (C=O) groups excluding carboxylic acids is 4. The van der Waals surface area contributed by atoms with E-state index in [9.17, 15) is 19.2 Å². The molecule has 1 aliphatic rings. The lowest BCUT2D eigenvalue weighted by molar-refractivity contribution is -0.196. The van der Waals surface area contributed by atoms with E-state index in [1.807, 2.05) is 18.2 Å². The molecule has 1 N–H and O–H groups in total. The highest BCUT2D eigenvalue weighted by Crippen LogP contribution is 2.35. The van der Waals surface area contributed by atoms with E-state index < -0.39 is 54.6 Å². The first-order valence-corrected chi connectivity index (χ1v) is 10.4. The molecule has 1 amide bonds. The minimum atomic E-state index is -1.39. The van der Waals surface area contributed by atoms with Gasteiger partial charge in [-0.3, -0.25) is 14.4 Å². The van der Waals surface area contributed by atoms with E-state index >= 15 is 0 Å². The van der Waals surface area contributed by atoms with E-state index in [-0.39, 0.29) is 12.4 Å². The smallest absolute Gasteiger partial charge is 0.408 e. The zero-order valence-corrected chi connectivity index (χ0v) is 18.8. The number of nitrogens with one attached hydrogen (secondary N) is 1. The van der Waals surface area contributed by atoms with Gasteiger partial charge in [-0.2, -0.15) is 0 Å². The van der Waals surface area contributed by atoms with Crippen molar-refractivity contribution >= 4 is 24.0 Å². The zero-order chi connectivity index (χ0) is 24.7. The average molecular weight is 475 g/mol. The summed E-state index contributed by atoms with van der Waals surface area (Å²) in [6.45, 7) is 3.45. The summed E-state index contributed by atoms with van der Waals surface area (Å²) in [5.41, 5.74) is 0.770. The van der Waals surface area contributed by atoms with Crippen LogP contribution in [-0.4, -0.2) is 48.6 Å². The second-order valence-electron chi connectivity index (χ2n) is 7.43. The summed E-state index contributed by atoms with van der Waals surface area (Å²) < 4.78 is 32.3. The summed E-state index contributed by atoms with van der Waals surface area (Å²) >= 11 is 0. The molecule has 1 aromatic heterocycles. The Morgan fingerprint density at radius 2 is 1.53 bits per heavy atom. The minimum absolute atomic E-state index is 0.00257. The van der Waals surface area contributed by atoms with Crippen molar-refractivity contribution in [3.63, 3.8) is 0 Å². The second-order valence-corrected chi connectivity index (χ2v) is 7.43. The number of benzene rings is 1. The van der Waals surface area contributed by atoms with E-state index in [0.717, 1.165) is 26.3 Å². The molecule has 0 spiro atoms. The molecule has 0 unspecified atom stereocenters. The highest BCUT2D eigenvalue weighted by molar-refractivity contribution is 5.69. The first kappa shape index (κ1) is 24.8. The molecule has 34 heavy (non-hydrogen) atoms. The number of carbonyl (C=O) groups is 4. The third-order valence-electron chi connectivity index (χ3n) is 4.76. The highest BCUT2D eigenvalue weighted by atomic mass is 16.7. The van der Waals surface area contributed by atoms with Gasteiger partial charge in [-0.1, -0.05) is 30.3 Å². The van der Waals surface area contributed by atoms with Crippen LogP contribution in [0.1, 0.15) is 38.1 Å². The molecule has 0 radical (unpaired) electrons. The van der Waals surface area contributed by atoms with Gasteiger partial charge in [0.25, 0.3) is 0 Å². The Balaban J connectivity index is 1.86. The van der Waals surface area contributed by atoms with Crippen LogP contribution >= 0.6 is 0 Å². The molecule has 2 aromatic rings. The van der Waals surface area contributed by atoms with Crippen LogP contribution in [0.3, 0.4) is 0 Å². The summed E-state index contributed by atoms with van der Waals surface area (Å²) in [6, 6.07) is 11.1. The molecule has 11 heteroatoms. The summed E-state index contributed by atoms with van der Waals surface area (Å²) in [7, 11) is 0. The number of furan rings is 1. The van der Waals surface area contributed by atoms with Crippen LogP contribution in [0, 0.1) is 0 Å². The lowest BCUT2D eigenvalue weighted by Gasteiger charge is -2.27. The van der Waals surface area contributed by atoms with Gasteiger partial charge in [-0.25, -0.2) is 4.79 Å². The Hall–Kier alpha value is -3.86. The molecule has 1 aromatic carbocycles. The Labute approximate surface area is 195 Å². The molecule has 2 heterocycles. The fraction of sp³-hybridized carbons (Fsp3) is 0.391. The van der Waals surface area contributed by atoms with Crippen molar-refractivity contribution in [2.24, 2.45) is 0 Å². The fourth-order valence-electron chi connectivity index (χ4n) is 3.49. The van der Waals surface area contributed by atoms with Crippen molar-refractivity contribution in [3.8, 4) is 0 Å². The molecule has 0 saturated carbocycles. The van der Waals surface area contributed by atoms with Gasteiger partial charge in [0, 0.05) is 20.8 Å². The van der Waals surface area contributed by atoms with Crippen molar-refractivity contribution in [2.75, 3.05) is 0 Å². The number of alkyl carbamates (subject to hydrolysis) is 1. The Kier molecular flexibility index (Phi) is 8.25. The van der Waals surface area contributed by atoms with E-state index in [4.69, 9.17) is 28.1 Å². The van der Waals surface area contributed by atoms with Crippen molar-refractivity contribution in [2.45, 2.75) is 58.0 Å². The van der Waals surface area contributed by atoms with Crippen LogP contribution in [0.2, 0.25) is 0 Å². The number of hydrogen-bond donors (Lipinski definition) is 1. The molecule has 182 valence electrons. The Morgan fingerprint density at radius 1 is 0.882 bits per heavy atom. The lowest BCUT2D eigenvalue weighted by atomic mass is 10.0. The molecule has 1 saturated heterocycles. The van der Waals surface area contributed by atoms with Crippen molar-refractivity contribution in [1.29, 1.82) is 0 Å². The van der Waals surface area contributed by atoms with Gasteiger partial charge < -0.3 is 33.4 Å². The monoisotopic (exact) mass is 475 g/mol. The number of amides is 1.